The third kappa shape index (κ3) is 2.08. The van der Waals surface area contributed by atoms with Crippen LogP contribution in [0.1, 0.15) is 11.4 Å². The predicted molar refractivity (Wildman–Crippen MR) is 60.5 cm³/mol. The summed E-state index contributed by atoms with van der Waals surface area (Å²) in [4.78, 5) is 6.75. The molecule has 5 nitrogen and oxygen atoms in total. The maximum absolute atomic E-state index is 9.11. The molecule has 1 aromatic heterocycles. The summed E-state index contributed by atoms with van der Waals surface area (Å²) in [6.45, 7) is 0. The van der Waals surface area contributed by atoms with Crippen molar-refractivity contribution in [1.82, 2.24) is 9.97 Å². The van der Waals surface area contributed by atoms with Crippen LogP contribution in [0.3, 0.4) is 0 Å². The first kappa shape index (κ1) is 10.4. The molecular formula is C11H13N3O2. The van der Waals surface area contributed by atoms with E-state index in [1.165, 1.54) is 6.20 Å². The van der Waals surface area contributed by atoms with Crippen molar-refractivity contribution in [3.63, 3.8) is 0 Å². The lowest BCUT2D eigenvalue weighted by atomic mass is 10.1. The highest BCUT2D eigenvalue weighted by Crippen LogP contribution is 2.23. The van der Waals surface area contributed by atoms with E-state index in [4.69, 9.17) is 15.6 Å². The molecule has 0 saturated heterocycles. The number of nitrogen functional groups attached to an aromatic ring is 1. The minimum atomic E-state index is 0.0662. The maximum atomic E-state index is 9.11. The highest BCUT2D eigenvalue weighted by atomic mass is 16.5. The largest absolute Gasteiger partial charge is 0.495 e. The van der Waals surface area contributed by atoms with Crippen molar-refractivity contribution in [3.05, 3.63) is 35.8 Å². The van der Waals surface area contributed by atoms with Gasteiger partial charge in [-0.3, -0.25) is 0 Å². The molecule has 0 spiro atoms. The Morgan fingerprint density at radius 1 is 1.50 bits per heavy atom. The molecule has 84 valence electrons. The van der Waals surface area contributed by atoms with Crippen molar-refractivity contribution in [2.24, 2.45) is 0 Å². The standard InChI is InChI=1S/C11H13N3O2/c1-16-9-3-2-7(4-8(9)12)5-10-13-6-11(15)14-10/h2-4,6,15H,5,12H2,1H3,(H,13,14). The molecule has 0 aliphatic rings. The zero-order valence-corrected chi connectivity index (χ0v) is 8.90. The van der Waals surface area contributed by atoms with E-state index in [0.29, 0.717) is 23.7 Å². The molecule has 4 N–H and O–H groups in total. The Morgan fingerprint density at radius 3 is 2.88 bits per heavy atom. The lowest BCUT2D eigenvalue weighted by Crippen LogP contribution is -1.96. The molecule has 2 aromatic rings. The molecule has 2 rings (SSSR count). The number of hydrogen-bond donors (Lipinski definition) is 3. The number of rotatable bonds is 3. The van der Waals surface area contributed by atoms with Gasteiger partial charge >= 0.3 is 0 Å². The van der Waals surface area contributed by atoms with Gasteiger partial charge in [-0.1, -0.05) is 6.07 Å². The molecule has 0 aliphatic carbocycles. The number of aromatic hydroxyl groups is 1. The summed E-state index contributed by atoms with van der Waals surface area (Å²) in [5.74, 6) is 1.42. The maximum Gasteiger partial charge on any atom is 0.208 e. The number of anilines is 1. The van der Waals surface area contributed by atoms with Gasteiger partial charge in [0, 0.05) is 6.42 Å². The molecular weight excluding hydrogens is 206 g/mol. The number of H-pyrrole nitrogens is 1. The Balaban J connectivity index is 2.19. The number of ether oxygens (including phenoxy) is 1. The van der Waals surface area contributed by atoms with Crippen LogP contribution in [-0.2, 0) is 6.42 Å². The minimum Gasteiger partial charge on any atom is -0.495 e. The Kier molecular flexibility index (Phi) is 2.68. The number of nitrogens with two attached hydrogens (primary N) is 1. The number of imidazole rings is 1. The molecule has 1 aromatic carbocycles. The van der Waals surface area contributed by atoms with E-state index < -0.39 is 0 Å². The molecule has 0 atom stereocenters. The van der Waals surface area contributed by atoms with E-state index in [-0.39, 0.29) is 5.88 Å². The number of nitrogens with zero attached hydrogens (tertiary/aromatic N) is 1. The SMILES string of the molecule is COc1ccc(Cc2ncc(O)[nH]2)cc1N. The van der Waals surface area contributed by atoms with Gasteiger partial charge in [0.25, 0.3) is 0 Å². The van der Waals surface area contributed by atoms with Gasteiger partial charge in [-0.25, -0.2) is 4.98 Å². The molecule has 0 aliphatic heterocycles. The molecule has 0 bridgehead atoms. The summed E-state index contributed by atoms with van der Waals surface area (Å²) in [6, 6.07) is 5.56. The Labute approximate surface area is 92.9 Å². The highest BCUT2D eigenvalue weighted by molar-refractivity contribution is 5.54. The first-order valence-corrected chi connectivity index (χ1v) is 4.84. The fourth-order valence-electron chi connectivity index (χ4n) is 1.53. The van der Waals surface area contributed by atoms with Crippen LogP contribution in [0.15, 0.2) is 24.4 Å². The van der Waals surface area contributed by atoms with Gasteiger partial charge in [0.15, 0.2) is 0 Å². The van der Waals surface area contributed by atoms with Crippen LogP contribution in [0.2, 0.25) is 0 Å². The van der Waals surface area contributed by atoms with E-state index in [2.05, 4.69) is 9.97 Å². The van der Waals surface area contributed by atoms with Gasteiger partial charge in [-0.05, 0) is 17.7 Å². The average Bonchev–Trinajstić information content (AvgIpc) is 2.64. The fourth-order valence-corrected chi connectivity index (χ4v) is 1.53. The first-order valence-electron chi connectivity index (χ1n) is 4.84. The fraction of sp³-hybridized carbons (Fsp3) is 0.182. The summed E-state index contributed by atoms with van der Waals surface area (Å²) < 4.78 is 5.07. The van der Waals surface area contributed by atoms with E-state index in [1.54, 1.807) is 7.11 Å². The first-order chi connectivity index (χ1) is 7.69. The topological polar surface area (TPSA) is 84.2 Å². The molecule has 16 heavy (non-hydrogen) atoms. The van der Waals surface area contributed by atoms with Crippen molar-refractivity contribution in [3.8, 4) is 11.6 Å². The van der Waals surface area contributed by atoms with Crippen molar-refractivity contribution in [2.75, 3.05) is 12.8 Å². The van der Waals surface area contributed by atoms with Gasteiger partial charge in [0.1, 0.15) is 11.6 Å². The lowest BCUT2D eigenvalue weighted by molar-refractivity contribution is 0.417. The highest BCUT2D eigenvalue weighted by Gasteiger charge is 2.04. The van der Waals surface area contributed by atoms with E-state index >= 15 is 0 Å². The summed E-state index contributed by atoms with van der Waals surface area (Å²) in [5.41, 5.74) is 7.39. The molecule has 0 amide bonds. The molecule has 0 radical (unpaired) electrons. The predicted octanol–water partition coefficient (Wildman–Crippen LogP) is 1.30. The second-order valence-corrected chi connectivity index (χ2v) is 3.47. The zero-order valence-electron chi connectivity index (χ0n) is 8.90. The van der Waals surface area contributed by atoms with Gasteiger partial charge in [0.05, 0.1) is 19.0 Å². The van der Waals surface area contributed by atoms with Crippen LogP contribution in [0, 0.1) is 0 Å². The Morgan fingerprint density at radius 2 is 2.31 bits per heavy atom. The van der Waals surface area contributed by atoms with Gasteiger partial charge in [-0.2, -0.15) is 0 Å². The van der Waals surface area contributed by atoms with Crippen LogP contribution in [0.5, 0.6) is 11.6 Å². The normalized spacial score (nSPS) is 10.3. The minimum absolute atomic E-state index is 0.0662. The number of methoxy groups -OCH3 is 1. The van der Waals surface area contributed by atoms with Crippen molar-refractivity contribution >= 4 is 5.69 Å². The van der Waals surface area contributed by atoms with E-state index in [0.717, 1.165) is 5.56 Å². The smallest absolute Gasteiger partial charge is 0.208 e. The van der Waals surface area contributed by atoms with Gasteiger partial charge in [0.2, 0.25) is 5.88 Å². The third-order valence-corrected chi connectivity index (χ3v) is 2.28. The average molecular weight is 219 g/mol. The van der Waals surface area contributed by atoms with Crippen molar-refractivity contribution in [2.45, 2.75) is 6.42 Å². The monoisotopic (exact) mass is 219 g/mol. The van der Waals surface area contributed by atoms with Gasteiger partial charge < -0.3 is 20.6 Å². The quantitative estimate of drug-likeness (QED) is 0.679. The second-order valence-electron chi connectivity index (χ2n) is 3.47. The second kappa shape index (κ2) is 4.14. The van der Waals surface area contributed by atoms with Crippen molar-refractivity contribution in [1.29, 1.82) is 0 Å². The zero-order chi connectivity index (χ0) is 11.5. The summed E-state index contributed by atoms with van der Waals surface area (Å²) >= 11 is 0. The summed E-state index contributed by atoms with van der Waals surface area (Å²) in [5, 5.41) is 9.11. The summed E-state index contributed by atoms with van der Waals surface area (Å²) in [6.07, 6.45) is 1.97. The molecule has 0 unspecified atom stereocenters. The van der Waals surface area contributed by atoms with E-state index in [1.807, 2.05) is 18.2 Å². The number of hydrogen-bond acceptors (Lipinski definition) is 4. The van der Waals surface area contributed by atoms with Crippen LogP contribution in [0.4, 0.5) is 5.69 Å². The number of aromatic amines is 1. The lowest BCUT2D eigenvalue weighted by Gasteiger charge is -2.05. The molecule has 5 heteroatoms. The number of aromatic nitrogens is 2. The molecule has 0 saturated carbocycles. The van der Waals surface area contributed by atoms with Crippen LogP contribution < -0.4 is 10.5 Å². The molecule has 1 heterocycles. The number of nitrogens with one attached hydrogen (secondary N) is 1. The third-order valence-electron chi connectivity index (χ3n) is 2.28. The van der Waals surface area contributed by atoms with Gasteiger partial charge in [-0.15, -0.1) is 0 Å². The summed E-state index contributed by atoms with van der Waals surface area (Å²) in [7, 11) is 1.58. The van der Waals surface area contributed by atoms with Crippen molar-refractivity contribution < 1.29 is 9.84 Å². The van der Waals surface area contributed by atoms with Crippen LogP contribution in [-0.4, -0.2) is 22.2 Å². The Hall–Kier alpha value is -2.17. The van der Waals surface area contributed by atoms with E-state index in [9.17, 15) is 0 Å². The van der Waals surface area contributed by atoms with Crippen LogP contribution in [0.25, 0.3) is 0 Å². The number of benzene rings is 1. The van der Waals surface area contributed by atoms with Crippen LogP contribution >= 0.6 is 0 Å². The Bertz CT molecular complexity index is 494. The molecule has 0 fully saturated rings.